The van der Waals surface area contributed by atoms with E-state index in [-0.39, 0.29) is 31.6 Å². The van der Waals surface area contributed by atoms with Gasteiger partial charge in [-0.05, 0) is 69.7 Å². The smallest absolute Gasteiger partial charge is 0.312 e. The molecular weight excluding hydrogens is 532 g/mol. The molecule has 3 fully saturated rings. The molecular formula is C31H41ClN2O6. The summed E-state index contributed by atoms with van der Waals surface area (Å²) in [7, 11) is 0. The van der Waals surface area contributed by atoms with Crippen molar-refractivity contribution >= 4 is 35.1 Å². The van der Waals surface area contributed by atoms with E-state index in [9.17, 15) is 14.4 Å². The first-order chi connectivity index (χ1) is 19.2. The fourth-order valence-electron chi connectivity index (χ4n) is 6.76. The van der Waals surface area contributed by atoms with Crippen LogP contribution in [0.2, 0.25) is 5.02 Å². The number of hydrogen-bond donors (Lipinski definition) is 1. The summed E-state index contributed by atoms with van der Waals surface area (Å²) in [5.74, 6) is -2.51. The maximum Gasteiger partial charge on any atom is 0.312 e. The number of allylic oxidation sites excluding steroid dienone is 1. The van der Waals surface area contributed by atoms with E-state index in [4.69, 9.17) is 26.2 Å². The molecule has 4 rings (SSSR count). The minimum atomic E-state index is -1.12. The zero-order valence-electron chi connectivity index (χ0n) is 23.4. The summed E-state index contributed by atoms with van der Waals surface area (Å²) >= 11 is 6.11. The molecule has 2 unspecified atom stereocenters. The highest BCUT2D eigenvalue weighted by Crippen LogP contribution is 2.63. The lowest BCUT2D eigenvalue weighted by molar-refractivity contribution is -0.159. The van der Waals surface area contributed by atoms with Crippen LogP contribution < -0.4 is 4.90 Å². The number of nitrogens with zero attached hydrogens (tertiary/aromatic N) is 2. The number of fused-ring (bicyclic) bond motifs is 1. The molecule has 1 spiro atoms. The average Bonchev–Trinajstić information content (AvgIpc) is 3.50. The first-order valence-electron chi connectivity index (χ1n) is 14.3. The number of rotatable bonds is 15. The summed E-state index contributed by atoms with van der Waals surface area (Å²) in [4.78, 5) is 45.4. The molecule has 2 bridgehead atoms. The number of benzene rings is 1. The van der Waals surface area contributed by atoms with E-state index in [2.05, 4.69) is 13.2 Å². The largest absolute Gasteiger partial charge is 0.465 e. The molecule has 5 atom stereocenters. The van der Waals surface area contributed by atoms with Crippen LogP contribution in [-0.4, -0.2) is 71.3 Å². The van der Waals surface area contributed by atoms with Gasteiger partial charge in [-0.3, -0.25) is 14.4 Å². The second-order valence-electron chi connectivity index (χ2n) is 11.2. The van der Waals surface area contributed by atoms with Crippen LogP contribution in [0, 0.1) is 11.8 Å². The molecule has 3 aliphatic heterocycles. The van der Waals surface area contributed by atoms with Crippen LogP contribution >= 0.6 is 11.6 Å². The third-order valence-electron chi connectivity index (χ3n) is 8.58. The van der Waals surface area contributed by atoms with Crippen LogP contribution in [-0.2, 0) is 23.9 Å². The number of aliphatic hydroxyl groups excluding tert-OH is 1. The van der Waals surface area contributed by atoms with Crippen molar-refractivity contribution in [2.75, 3.05) is 31.2 Å². The van der Waals surface area contributed by atoms with E-state index in [0.29, 0.717) is 49.4 Å². The number of hydrogen-bond acceptors (Lipinski definition) is 6. The minimum Gasteiger partial charge on any atom is -0.465 e. The maximum atomic E-state index is 14.5. The zero-order chi connectivity index (χ0) is 28.9. The standard InChI is InChI=1S/C31H41ClN2O6/c1-4-6-11-21-39-29(38)25-24-27(36)34(19-9-7-8-10-20-35)26(31(24)17-16-30(25,3)40-31)28(37)33(18-5-2)23-14-12-22(32)13-15-23/h4-5,12-15,24-26,35H,1-2,6-11,16-21H2,3H3/t24-,25-,26?,30+,31?/m0/s1. The van der Waals surface area contributed by atoms with Gasteiger partial charge in [-0.25, -0.2) is 0 Å². The van der Waals surface area contributed by atoms with Crippen molar-refractivity contribution < 1.29 is 29.0 Å². The summed E-state index contributed by atoms with van der Waals surface area (Å²) in [5.41, 5.74) is -1.36. The molecule has 9 heteroatoms. The number of likely N-dealkylation sites (tertiary alicyclic amines) is 1. The first-order valence-corrected chi connectivity index (χ1v) is 14.7. The van der Waals surface area contributed by atoms with E-state index in [1.54, 1.807) is 46.2 Å². The Morgan fingerprint density at radius 2 is 1.88 bits per heavy atom. The van der Waals surface area contributed by atoms with E-state index in [0.717, 1.165) is 19.3 Å². The van der Waals surface area contributed by atoms with Gasteiger partial charge in [-0.15, -0.1) is 13.2 Å². The maximum absolute atomic E-state index is 14.5. The van der Waals surface area contributed by atoms with E-state index in [1.165, 1.54) is 0 Å². The number of carbonyl (C=O) groups is 3. The molecule has 2 amide bonds. The molecule has 0 aromatic heterocycles. The van der Waals surface area contributed by atoms with Crippen molar-refractivity contribution in [3.05, 3.63) is 54.6 Å². The fraction of sp³-hybridized carbons (Fsp3) is 0.581. The summed E-state index contributed by atoms with van der Waals surface area (Å²) in [6, 6.07) is 6.09. The van der Waals surface area contributed by atoms with Crippen LogP contribution in [0.5, 0.6) is 0 Å². The van der Waals surface area contributed by atoms with Crippen molar-refractivity contribution in [3.8, 4) is 0 Å². The summed E-state index contributed by atoms with van der Waals surface area (Å²) < 4.78 is 12.3. The number of esters is 1. The van der Waals surface area contributed by atoms with Crippen LogP contribution in [0.3, 0.4) is 0 Å². The van der Waals surface area contributed by atoms with Gasteiger partial charge in [0.15, 0.2) is 0 Å². The number of ether oxygens (including phenoxy) is 2. The van der Waals surface area contributed by atoms with Crippen molar-refractivity contribution in [2.45, 2.75) is 75.5 Å². The molecule has 0 saturated carbocycles. The van der Waals surface area contributed by atoms with Crippen LogP contribution in [0.4, 0.5) is 5.69 Å². The van der Waals surface area contributed by atoms with Crippen molar-refractivity contribution in [3.63, 3.8) is 0 Å². The molecule has 3 aliphatic rings. The Balaban J connectivity index is 1.68. The molecule has 1 aromatic rings. The average molecular weight is 573 g/mol. The molecule has 0 radical (unpaired) electrons. The minimum absolute atomic E-state index is 0.121. The summed E-state index contributed by atoms with van der Waals surface area (Å²) in [5, 5.41) is 9.70. The summed E-state index contributed by atoms with van der Waals surface area (Å²) in [6.45, 7) is 10.4. The van der Waals surface area contributed by atoms with Gasteiger partial charge in [-0.2, -0.15) is 0 Å². The zero-order valence-corrected chi connectivity index (χ0v) is 24.1. The number of anilines is 1. The Labute approximate surface area is 241 Å². The van der Waals surface area contributed by atoms with Gasteiger partial charge < -0.3 is 24.4 Å². The quantitative estimate of drug-likeness (QED) is 0.186. The Morgan fingerprint density at radius 1 is 1.15 bits per heavy atom. The van der Waals surface area contributed by atoms with Gasteiger partial charge >= 0.3 is 5.97 Å². The highest BCUT2D eigenvalue weighted by molar-refractivity contribution is 6.30. The number of unbranched alkanes of at least 4 members (excludes halogenated alkanes) is 4. The lowest BCUT2D eigenvalue weighted by Crippen LogP contribution is -2.56. The molecule has 3 heterocycles. The molecule has 218 valence electrons. The number of halogens is 1. The Kier molecular flexibility index (Phi) is 9.75. The third-order valence-corrected chi connectivity index (χ3v) is 8.84. The first kappa shape index (κ1) is 30.3. The molecule has 0 aliphatic carbocycles. The van der Waals surface area contributed by atoms with E-state index in [1.807, 2.05) is 6.92 Å². The molecule has 8 nitrogen and oxygen atoms in total. The summed E-state index contributed by atoms with van der Waals surface area (Å²) in [6.07, 6.45) is 8.86. The van der Waals surface area contributed by atoms with Crippen molar-refractivity contribution in [1.82, 2.24) is 4.90 Å². The Bertz CT molecular complexity index is 1110. The van der Waals surface area contributed by atoms with Crippen LogP contribution in [0.25, 0.3) is 0 Å². The van der Waals surface area contributed by atoms with Crippen molar-refractivity contribution in [1.29, 1.82) is 0 Å². The van der Waals surface area contributed by atoms with Crippen LogP contribution in [0.15, 0.2) is 49.6 Å². The van der Waals surface area contributed by atoms with Gasteiger partial charge in [0.25, 0.3) is 5.91 Å². The molecule has 1 aromatic carbocycles. The van der Waals surface area contributed by atoms with Gasteiger partial charge in [0.2, 0.25) is 5.91 Å². The second kappa shape index (κ2) is 12.9. The Morgan fingerprint density at radius 3 is 2.55 bits per heavy atom. The van der Waals surface area contributed by atoms with E-state index >= 15 is 0 Å². The molecule has 3 saturated heterocycles. The van der Waals surface area contributed by atoms with E-state index < -0.39 is 35.0 Å². The highest BCUT2D eigenvalue weighted by Gasteiger charge is 2.78. The fourth-order valence-corrected chi connectivity index (χ4v) is 6.89. The predicted octanol–water partition coefficient (Wildman–Crippen LogP) is 4.69. The van der Waals surface area contributed by atoms with Gasteiger partial charge in [-0.1, -0.05) is 36.6 Å². The topological polar surface area (TPSA) is 96.4 Å². The van der Waals surface area contributed by atoms with Crippen molar-refractivity contribution in [2.24, 2.45) is 11.8 Å². The highest BCUT2D eigenvalue weighted by atomic mass is 35.5. The lowest BCUT2D eigenvalue weighted by Gasteiger charge is -2.37. The third kappa shape index (κ3) is 5.58. The number of carbonyl (C=O) groups excluding carboxylic acids is 3. The molecule has 1 N–H and O–H groups in total. The lowest BCUT2D eigenvalue weighted by atomic mass is 9.66. The monoisotopic (exact) mass is 572 g/mol. The predicted molar refractivity (Wildman–Crippen MR) is 154 cm³/mol. The molecule has 40 heavy (non-hydrogen) atoms. The SMILES string of the molecule is C=CCCCOC(=O)[C@@H]1[C@H]2C(=O)N(CCCCCCO)C(C(=O)N(CC=C)c3ccc(Cl)cc3)C23CC[C@@]1(C)O3. The number of amides is 2. The Hall–Kier alpha value is -2.68. The van der Waals surface area contributed by atoms with Gasteiger partial charge in [0.1, 0.15) is 17.6 Å². The van der Waals surface area contributed by atoms with Crippen LogP contribution in [0.1, 0.15) is 58.3 Å². The normalized spacial score (nSPS) is 28.4. The number of aliphatic hydroxyl groups is 1. The van der Waals surface area contributed by atoms with Gasteiger partial charge in [0, 0.05) is 30.4 Å². The second-order valence-corrected chi connectivity index (χ2v) is 11.6. The van der Waals surface area contributed by atoms with Gasteiger partial charge in [0.05, 0.1) is 18.1 Å².